The first-order chi connectivity index (χ1) is 5.52. The van der Waals surface area contributed by atoms with Crippen LogP contribution in [0.2, 0.25) is 0 Å². The third kappa shape index (κ3) is 7.69. The van der Waals surface area contributed by atoms with Gasteiger partial charge in [-0.15, -0.1) is 0 Å². The number of hydrogen-bond donors (Lipinski definition) is 1. The molecule has 1 N–H and O–H groups in total. The van der Waals surface area contributed by atoms with E-state index in [0.29, 0.717) is 19.4 Å². The first-order valence-electron chi connectivity index (χ1n) is 4.31. The van der Waals surface area contributed by atoms with Gasteiger partial charge in [-0.3, -0.25) is 0 Å². The van der Waals surface area contributed by atoms with Crippen molar-refractivity contribution in [2.24, 2.45) is 0 Å². The van der Waals surface area contributed by atoms with E-state index in [4.69, 9.17) is 4.74 Å². The lowest BCUT2D eigenvalue weighted by Gasteiger charge is -2.12. The van der Waals surface area contributed by atoms with Gasteiger partial charge in [0.1, 0.15) is 5.78 Å². The van der Waals surface area contributed by atoms with Crippen molar-refractivity contribution in [2.45, 2.75) is 45.8 Å². The second-order valence-electron chi connectivity index (χ2n) is 3.28. The molecule has 72 valence electrons. The van der Waals surface area contributed by atoms with E-state index in [1.165, 1.54) is 6.92 Å². The van der Waals surface area contributed by atoms with E-state index in [0.717, 1.165) is 0 Å². The summed E-state index contributed by atoms with van der Waals surface area (Å²) in [5.41, 5.74) is 0. The van der Waals surface area contributed by atoms with Crippen LogP contribution in [-0.4, -0.2) is 29.7 Å². The summed E-state index contributed by atoms with van der Waals surface area (Å²) in [7, 11) is 0. The molecule has 0 amide bonds. The number of ketones is 1. The number of Topliss-reactive ketones (excluding diaryl/α,β-unsaturated/α-hetero) is 1. The van der Waals surface area contributed by atoms with Gasteiger partial charge in [0.25, 0.3) is 0 Å². The molecule has 0 aromatic heterocycles. The van der Waals surface area contributed by atoms with Crippen molar-refractivity contribution in [3.05, 3.63) is 0 Å². The van der Waals surface area contributed by atoms with Crippen molar-refractivity contribution in [2.75, 3.05) is 6.61 Å². The molecule has 1 atom stereocenters. The molecule has 0 rings (SSSR count). The maximum atomic E-state index is 10.5. The molecular weight excluding hydrogens is 156 g/mol. The quantitative estimate of drug-likeness (QED) is 0.657. The van der Waals surface area contributed by atoms with Gasteiger partial charge in [-0.05, 0) is 27.2 Å². The predicted octanol–water partition coefficient (Wildman–Crippen LogP) is 1.14. The SMILES string of the molecule is CC(=O)CCC(O)COC(C)C. The molecule has 0 heterocycles. The summed E-state index contributed by atoms with van der Waals surface area (Å²) in [4.78, 5) is 10.5. The van der Waals surface area contributed by atoms with Crippen LogP contribution in [0.4, 0.5) is 0 Å². The highest BCUT2D eigenvalue weighted by molar-refractivity contribution is 5.75. The number of aliphatic hydroxyl groups excluding tert-OH is 1. The fourth-order valence-corrected chi connectivity index (χ4v) is 0.757. The molecule has 0 saturated carbocycles. The Balaban J connectivity index is 3.33. The Morgan fingerprint density at radius 1 is 1.50 bits per heavy atom. The molecule has 0 aliphatic heterocycles. The van der Waals surface area contributed by atoms with Gasteiger partial charge in [-0.2, -0.15) is 0 Å². The topological polar surface area (TPSA) is 46.5 Å². The molecule has 0 bridgehead atoms. The molecule has 0 aromatic rings. The highest BCUT2D eigenvalue weighted by Gasteiger charge is 2.06. The van der Waals surface area contributed by atoms with Gasteiger partial charge < -0.3 is 14.6 Å². The van der Waals surface area contributed by atoms with Gasteiger partial charge in [-0.1, -0.05) is 0 Å². The Kier molecular flexibility index (Phi) is 5.93. The zero-order chi connectivity index (χ0) is 9.56. The van der Waals surface area contributed by atoms with E-state index >= 15 is 0 Å². The van der Waals surface area contributed by atoms with Crippen molar-refractivity contribution in [3.63, 3.8) is 0 Å². The van der Waals surface area contributed by atoms with Crippen LogP contribution in [0.25, 0.3) is 0 Å². The third-order valence-corrected chi connectivity index (χ3v) is 1.45. The Morgan fingerprint density at radius 2 is 2.08 bits per heavy atom. The van der Waals surface area contributed by atoms with Gasteiger partial charge in [0, 0.05) is 6.42 Å². The molecule has 0 fully saturated rings. The third-order valence-electron chi connectivity index (χ3n) is 1.45. The van der Waals surface area contributed by atoms with Crippen LogP contribution in [0.1, 0.15) is 33.6 Å². The maximum Gasteiger partial charge on any atom is 0.129 e. The van der Waals surface area contributed by atoms with Crippen LogP contribution < -0.4 is 0 Å². The Hall–Kier alpha value is -0.410. The minimum absolute atomic E-state index is 0.110. The molecule has 0 aliphatic carbocycles. The van der Waals surface area contributed by atoms with E-state index in [1.54, 1.807) is 0 Å². The second-order valence-corrected chi connectivity index (χ2v) is 3.28. The summed E-state index contributed by atoms with van der Waals surface area (Å²) >= 11 is 0. The fourth-order valence-electron chi connectivity index (χ4n) is 0.757. The number of carbonyl (C=O) groups excluding carboxylic acids is 1. The highest BCUT2D eigenvalue weighted by Crippen LogP contribution is 2.00. The van der Waals surface area contributed by atoms with Gasteiger partial charge >= 0.3 is 0 Å². The lowest BCUT2D eigenvalue weighted by Crippen LogP contribution is -2.19. The smallest absolute Gasteiger partial charge is 0.129 e. The average Bonchev–Trinajstić information content (AvgIpc) is 1.96. The number of aliphatic hydroxyl groups is 1. The van der Waals surface area contributed by atoms with Crippen molar-refractivity contribution < 1.29 is 14.6 Å². The monoisotopic (exact) mass is 174 g/mol. The first-order valence-corrected chi connectivity index (χ1v) is 4.31. The lowest BCUT2D eigenvalue weighted by atomic mass is 10.1. The Bertz CT molecular complexity index is 132. The fraction of sp³-hybridized carbons (Fsp3) is 0.889. The van der Waals surface area contributed by atoms with Crippen LogP contribution in [0.5, 0.6) is 0 Å². The van der Waals surface area contributed by atoms with Crippen molar-refractivity contribution in [1.82, 2.24) is 0 Å². The molecule has 1 unspecified atom stereocenters. The molecule has 3 heteroatoms. The summed E-state index contributed by atoms with van der Waals surface area (Å²) in [5.74, 6) is 0.110. The van der Waals surface area contributed by atoms with Gasteiger partial charge in [-0.25, -0.2) is 0 Å². The van der Waals surface area contributed by atoms with E-state index in [1.807, 2.05) is 13.8 Å². The van der Waals surface area contributed by atoms with Gasteiger partial charge in [0.05, 0.1) is 18.8 Å². The standard InChI is InChI=1S/C9H18O3/c1-7(2)12-6-9(11)5-4-8(3)10/h7,9,11H,4-6H2,1-3H3. The van der Waals surface area contributed by atoms with E-state index in [2.05, 4.69) is 0 Å². The molecule has 0 radical (unpaired) electrons. The summed E-state index contributed by atoms with van der Waals surface area (Å²) in [6.07, 6.45) is 0.568. The summed E-state index contributed by atoms with van der Waals surface area (Å²) in [6, 6.07) is 0. The van der Waals surface area contributed by atoms with Crippen molar-refractivity contribution in [3.8, 4) is 0 Å². The predicted molar refractivity (Wildman–Crippen MR) is 47.0 cm³/mol. The highest BCUT2D eigenvalue weighted by atomic mass is 16.5. The van der Waals surface area contributed by atoms with Crippen LogP contribution in [0.15, 0.2) is 0 Å². The number of hydrogen-bond acceptors (Lipinski definition) is 3. The van der Waals surface area contributed by atoms with Gasteiger partial charge in [0.15, 0.2) is 0 Å². The van der Waals surface area contributed by atoms with Crippen LogP contribution in [-0.2, 0) is 9.53 Å². The van der Waals surface area contributed by atoms with Crippen LogP contribution in [0.3, 0.4) is 0 Å². The summed E-state index contributed by atoms with van der Waals surface area (Å²) < 4.78 is 5.17. The van der Waals surface area contributed by atoms with Crippen LogP contribution >= 0.6 is 0 Å². The average molecular weight is 174 g/mol. The molecule has 12 heavy (non-hydrogen) atoms. The first kappa shape index (κ1) is 11.6. The van der Waals surface area contributed by atoms with Crippen molar-refractivity contribution in [1.29, 1.82) is 0 Å². The lowest BCUT2D eigenvalue weighted by molar-refractivity contribution is -0.117. The zero-order valence-electron chi connectivity index (χ0n) is 8.04. The minimum atomic E-state index is -0.503. The second kappa shape index (κ2) is 6.14. The Morgan fingerprint density at radius 3 is 2.50 bits per heavy atom. The number of rotatable bonds is 6. The van der Waals surface area contributed by atoms with Crippen LogP contribution in [0, 0.1) is 0 Å². The van der Waals surface area contributed by atoms with E-state index < -0.39 is 6.10 Å². The van der Waals surface area contributed by atoms with E-state index in [9.17, 15) is 9.90 Å². The summed E-state index contributed by atoms with van der Waals surface area (Å²) in [6.45, 7) is 5.68. The summed E-state index contributed by atoms with van der Waals surface area (Å²) in [5, 5.41) is 9.27. The zero-order valence-corrected chi connectivity index (χ0v) is 8.04. The largest absolute Gasteiger partial charge is 0.391 e. The molecule has 0 spiro atoms. The molecule has 0 aliphatic rings. The maximum absolute atomic E-state index is 10.5. The number of ether oxygens (including phenoxy) is 1. The molecular formula is C9H18O3. The van der Waals surface area contributed by atoms with E-state index in [-0.39, 0.29) is 11.9 Å². The number of carbonyl (C=O) groups is 1. The minimum Gasteiger partial charge on any atom is -0.391 e. The molecule has 0 aromatic carbocycles. The molecule has 0 saturated heterocycles. The van der Waals surface area contributed by atoms with Gasteiger partial charge in [0.2, 0.25) is 0 Å². The van der Waals surface area contributed by atoms with Crippen molar-refractivity contribution >= 4 is 5.78 Å². The normalized spacial score (nSPS) is 13.4. The molecule has 3 nitrogen and oxygen atoms in total. The Labute approximate surface area is 73.7 Å².